The van der Waals surface area contributed by atoms with E-state index in [1.165, 1.54) is 5.56 Å². The van der Waals surface area contributed by atoms with E-state index in [1.807, 2.05) is 37.3 Å². The molecule has 88 valence electrons. The number of aryl methyl sites for hydroxylation is 2. The number of hydrogen-bond donors (Lipinski definition) is 1. The number of rotatable bonds is 3. The molecule has 0 fully saturated rings. The third kappa shape index (κ3) is 2.78. The Kier molecular flexibility index (Phi) is 3.33. The van der Waals surface area contributed by atoms with Gasteiger partial charge in [0, 0.05) is 0 Å². The lowest BCUT2D eigenvalue weighted by molar-refractivity contribution is 0.484. The average Bonchev–Trinajstić information content (AvgIpc) is 2.35. The van der Waals surface area contributed by atoms with Gasteiger partial charge in [-0.15, -0.1) is 0 Å². The molecular weight excluding hydrogens is 210 g/mol. The number of nitrogen functional groups attached to an aromatic ring is 1. The maximum Gasteiger partial charge on any atom is 0.150 e. The van der Waals surface area contributed by atoms with Gasteiger partial charge in [-0.05, 0) is 48.7 Å². The fraction of sp³-hybridized carbons (Fsp3) is 0.200. The predicted octanol–water partition coefficient (Wildman–Crippen LogP) is 3.93. The first-order valence-electron chi connectivity index (χ1n) is 5.82. The minimum atomic E-state index is 0.662. The zero-order chi connectivity index (χ0) is 12.3. The van der Waals surface area contributed by atoms with Gasteiger partial charge in [0.2, 0.25) is 0 Å². The second-order valence-corrected chi connectivity index (χ2v) is 4.14. The van der Waals surface area contributed by atoms with Gasteiger partial charge in [0.1, 0.15) is 5.75 Å². The van der Waals surface area contributed by atoms with Gasteiger partial charge < -0.3 is 10.5 Å². The molecule has 0 spiro atoms. The molecule has 0 aliphatic rings. The van der Waals surface area contributed by atoms with E-state index < -0.39 is 0 Å². The van der Waals surface area contributed by atoms with Crippen molar-refractivity contribution in [1.29, 1.82) is 0 Å². The smallest absolute Gasteiger partial charge is 0.150 e. The van der Waals surface area contributed by atoms with Crippen LogP contribution in [-0.2, 0) is 6.42 Å². The van der Waals surface area contributed by atoms with Crippen molar-refractivity contribution in [1.82, 2.24) is 0 Å². The summed E-state index contributed by atoms with van der Waals surface area (Å²) in [6.07, 6.45) is 1.03. The summed E-state index contributed by atoms with van der Waals surface area (Å²) in [5, 5.41) is 0. The van der Waals surface area contributed by atoms with Crippen LogP contribution in [0, 0.1) is 6.92 Å². The van der Waals surface area contributed by atoms with Gasteiger partial charge in [0.15, 0.2) is 5.75 Å². The molecule has 2 rings (SSSR count). The summed E-state index contributed by atoms with van der Waals surface area (Å²) in [5.74, 6) is 1.54. The lowest BCUT2D eigenvalue weighted by atomic mass is 10.2. The van der Waals surface area contributed by atoms with Crippen LogP contribution < -0.4 is 10.5 Å². The van der Waals surface area contributed by atoms with E-state index in [4.69, 9.17) is 10.5 Å². The molecule has 0 aromatic heterocycles. The van der Waals surface area contributed by atoms with Crippen molar-refractivity contribution in [3.63, 3.8) is 0 Å². The first-order valence-corrected chi connectivity index (χ1v) is 5.82. The van der Waals surface area contributed by atoms with Crippen LogP contribution in [0.15, 0.2) is 42.5 Å². The van der Waals surface area contributed by atoms with Gasteiger partial charge in [-0.1, -0.05) is 25.1 Å². The molecule has 0 aliphatic carbocycles. The zero-order valence-electron chi connectivity index (χ0n) is 10.2. The minimum Gasteiger partial charge on any atom is -0.455 e. The van der Waals surface area contributed by atoms with Crippen LogP contribution in [0.25, 0.3) is 0 Å². The molecule has 0 radical (unpaired) electrons. The van der Waals surface area contributed by atoms with Gasteiger partial charge in [0.25, 0.3) is 0 Å². The molecule has 0 amide bonds. The molecule has 0 aliphatic heterocycles. The third-order valence-corrected chi connectivity index (χ3v) is 2.73. The normalized spacial score (nSPS) is 10.2. The Balaban J connectivity index is 2.22. The van der Waals surface area contributed by atoms with E-state index in [0.29, 0.717) is 11.4 Å². The van der Waals surface area contributed by atoms with Crippen LogP contribution in [0.3, 0.4) is 0 Å². The summed E-state index contributed by atoms with van der Waals surface area (Å²) >= 11 is 0. The van der Waals surface area contributed by atoms with E-state index >= 15 is 0 Å². The average molecular weight is 227 g/mol. The fourth-order valence-corrected chi connectivity index (χ4v) is 1.65. The number of ether oxygens (including phenoxy) is 1. The Morgan fingerprint density at radius 3 is 2.41 bits per heavy atom. The largest absolute Gasteiger partial charge is 0.455 e. The number of nitrogens with two attached hydrogens (primary N) is 1. The summed E-state index contributed by atoms with van der Waals surface area (Å²) in [6.45, 7) is 4.15. The monoisotopic (exact) mass is 227 g/mol. The van der Waals surface area contributed by atoms with Crippen LogP contribution in [0.2, 0.25) is 0 Å². The maximum atomic E-state index is 5.87. The van der Waals surface area contributed by atoms with E-state index in [9.17, 15) is 0 Å². The summed E-state index contributed by atoms with van der Waals surface area (Å²) in [6, 6.07) is 13.9. The SMILES string of the molecule is CCc1ccc(Oc2cc(C)ccc2N)cc1. The van der Waals surface area contributed by atoms with Crippen LogP contribution in [0.4, 0.5) is 5.69 Å². The van der Waals surface area contributed by atoms with Crippen molar-refractivity contribution in [3.8, 4) is 11.5 Å². The zero-order valence-corrected chi connectivity index (χ0v) is 10.2. The first-order chi connectivity index (χ1) is 8.19. The lowest BCUT2D eigenvalue weighted by Gasteiger charge is -2.09. The summed E-state index contributed by atoms with van der Waals surface area (Å²) in [5.41, 5.74) is 8.97. The van der Waals surface area contributed by atoms with Gasteiger partial charge in [0.05, 0.1) is 5.69 Å². The highest BCUT2D eigenvalue weighted by Gasteiger charge is 2.02. The Morgan fingerprint density at radius 2 is 1.76 bits per heavy atom. The predicted molar refractivity (Wildman–Crippen MR) is 71.5 cm³/mol. The van der Waals surface area contributed by atoms with Crippen molar-refractivity contribution >= 4 is 5.69 Å². The molecule has 0 saturated heterocycles. The molecule has 2 heteroatoms. The van der Waals surface area contributed by atoms with E-state index in [-0.39, 0.29) is 0 Å². The minimum absolute atomic E-state index is 0.662. The van der Waals surface area contributed by atoms with Crippen LogP contribution >= 0.6 is 0 Å². The van der Waals surface area contributed by atoms with Gasteiger partial charge in [-0.2, -0.15) is 0 Å². The Labute approximate surface area is 102 Å². The molecule has 2 aromatic carbocycles. The van der Waals surface area contributed by atoms with Gasteiger partial charge in [-0.25, -0.2) is 0 Å². The van der Waals surface area contributed by atoms with Gasteiger partial charge in [-0.3, -0.25) is 0 Å². The van der Waals surface area contributed by atoms with Crippen molar-refractivity contribution in [2.75, 3.05) is 5.73 Å². The van der Waals surface area contributed by atoms with Crippen LogP contribution in [0.5, 0.6) is 11.5 Å². The first kappa shape index (κ1) is 11.5. The molecule has 17 heavy (non-hydrogen) atoms. The topological polar surface area (TPSA) is 35.2 Å². The van der Waals surface area contributed by atoms with E-state index in [0.717, 1.165) is 17.7 Å². The molecule has 0 atom stereocenters. The van der Waals surface area contributed by atoms with Gasteiger partial charge >= 0.3 is 0 Å². The maximum absolute atomic E-state index is 5.87. The highest BCUT2D eigenvalue weighted by molar-refractivity contribution is 5.55. The number of benzene rings is 2. The molecule has 2 aromatic rings. The second-order valence-electron chi connectivity index (χ2n) is 4.14. The molecule has 0 saturated carbocycles. The quantitative estimate of drug-likeness (QED) is 0.806. The van der Waals surface area contributed by atoms with Crippen molar-refractivity contribution in [2.45, 2.75) is 20.3 Å². The highest BCUT2D eigenvalue weighted by Crippen LogP contribution is 2.28. The van der Waals surface area contributed by atoms with Crippen molar-refractivity contribution < 1.29 is 4.74 Å². The fourth-order valence-electron chi connectivity index (χ4n) is 1.65. The molecule has 2 nitrogen and oxygen atoms in total. The van der Waals surface area contributed by atoms with Crippen molar-refractivity contribution in [2.24, 2.45) is 0 Å². The number of hydrogen-bond acceptors (Lipinski definition) is 2. The Hall–Kier alpha value is -1.96. The Morgan fingerprint density at radius 1 is 1.06 bits per heavy atom. The molecule has 0 unspecified atom stereocenters. The lowest BCUT2D eigenvalue weighted by Crippen LogP contribution is -1.92. The molecular formula is C15H17NO. The molecule has 0 heterocycles. The van der Waals surface area contributed by atoms with Crippen LogP contribution in [0.1, 0.15) is 18.1 Å². The summed E-state index contributed by atoms with van der Waals surface area (Å²) < 4.78 is 5.76. The standard InChI is InChI=1S/C15H17NO/c1-3-12-5-7-13(8-6-12)17-15-10-11(2)4-9-14(15)16/h4-10H,3,16H2,1-2H3. The van der Waals surface area contributed by atoms with Crippen molar-refractivity contribution in [3.05, 3.63) is 53.6 Å². The second kappa shape index (κ2) is 4.91. The van der Waals surface area contributed by atoms with E-state index in [2.05, 4.69) is 19.1 Å². The van der Waals surface area contributed by atoms with E-state index in [1.54, 1.807) is 0 Å². The third-order valence-electron chi connectivity index (χ3n) is 2.73. The number of anilines is 1. The summed E-state index contributed by atoms with van der Waals surface area (Å²) in [4.78, 5) is 0. The molecule has 2 N–H and O–H groups in total. The highest BCUT2D eigenvalue weighted by atomic mass is 16.5. The Bertz CT molecular complexity index is 503. The van der Waals surface area contributed by atoms with Crippen LogP contribution in [-0.4, -0.2) is 0 Å². The summed E-state index contributed by atoms with van der Waals surface area (Å²) in [7, 11) is 0. The molecule has 0 bridgehead atoms.